The normalized spacial score (nSPS) is 14.8. The Kier molecular flexibility index (Phi) is 4.77. The van der Waals surface area contributed by atoms with Gasteiger partial charge in [0.05, 0.1) is 0 Å². The summed E-state index contributed by atoms with van der Waals surface area (Å²) in [6, 6.07) is 11.9. The Bertz CT molecular complexity index is 661. The molecule has 0 saturated carbocycles. The van der Waals surface area contributed by atoms with E-state index in [2.05, 4.69) is 37.9 Å². The Labute approximate surface area is 145 Å². The van der Waals surface area contributed by atoms with Gasteiger partial charge in [-0.25, -0.2) is 0 Å². The Morgan fingerprint density at radius 3 is 2.52 bits per heavy atom. The maximum absolute atomic E-state index is 6.04. The van der Waals surface area contributed by atoms with Crippen LogP contribution in [0.5, 0.6) is 11.5 Å². The van der Waals surface area contributed by atoms with Crippen LogP contribution in [0.25, 0.3) is 0 Å². The first-order valence-corrected chi connectivity index (χ1v) is 8.69. The summed E-state index contributed by atoms with van der Waals surface area (Å²) in [5, 5.41) is 0.758. The van der Waals surface area contributed by atoms with E-state index in [1.54, 1.807) is 0 Å². The van der Waals surface area contributed by atoms with Crippen molar-refractivity contribution in [2.24, 2.45) is 0 Å². The van der Waals surface area contributed by atoms with Gasteiger partial charge < -0.3 is 9.47 Å². The fourth-order valence-corrected chi connectivity index (χ4v) is 4.17. The molecule has 0 bridgehead atoms. The molecule has 0 N–H and O–H groups in total. The van der Waals surface area contributed by atoms with Gasteiger partial charge in [-0.15, -0.1) is 0 Å². The van der Waals surface area contributed by atoms with Crippen LogP contribution in [0.3, 0.4) is 0 Å². The van der Waals surface area contributed by atoms with Gasteiger partial charge in [0, 0.05) is 14.3 Å². The van der Waals surface area contributed by atoms with Crippen molar-refractivity contribution in [1.29, 1.82) is 0 Å². The van der Waals surface area contributed by atoms with Crippen LogP contribution in [-0.2, 0) is 6.42 Å². The van der Waals surface area contributed by atoms with E-state index in [-0.39, 0.29) is 4.83 Å². The fraction of sp³-hybridized carbons (Fsp3) is 0.250. The smallest absolute Gasteiger partial charge is 0.162 e. The number of alkyl halides is 1. The molecule has 0 fully saturated rings. The Hall–Kier alpha value is -0.710. The molecule has 110 valence electrons. The zero-order valence-electron chi connectivity index (χ0n) is 11.1. The van der Waals surface area contributed by atoms with Crippen molar-refractivity contribution in [2.75, 3.05) is 13.2 Å². The predicted molar refractivity (Wildman–Crippen MR) is 92.0 cm³/mol. The van der Waals surface area contributed by atoms with Gasteiger partial charge in [-0.05, 0) is 41.8 Å². The largest absolute Gasteiger partial charge is 0.486 e. The van der Waals surface area contributed by atoms with Crippen LogP contribution >= 0.6 is 43.5 Å². The van der Waals surface area contributed by atoms with Crippen molar-refractivity contribution >= 4 is 43.5 Å². The minimum absolute atomic E-state index is 0.168. The van der Waals surface area contributed by atoms with Crippen LogP contribution in [0.1, 0.15) is 16.0 Å². The molecule has 0 aromatic heterocycles. The lowest BCUT2D eigenvalue weighted by molar-refractivity contribution is 0.171. The molecule has 1 aliphatic heterocycles. The number of fused-ring (bicyclic) bond motifs is 1. The number of hydrogen-bond donors (Lipinski definition) is 0. The molecule has 21 heavy (non-hydrogen) atoms. The molecular weight excluding hydrogens is 419 g/mol. The Morgan fingerprint density at radius 1 is 1.10 bits per heavy atom. The third-order valence-corrected chi connectivity index (χ3v) is 5.04. The molecule has 3 rings (SSSR count). The molecular formula is C16H13Br2ClO2. The van der Waals surface area contributed by atoms with Crippen LogP contribution in [-0.4, -0.2) is 13.2 Å². The lowest BCUT2D eigenvalue weighted by Crippen LogP contribution is -2.15. The minimum atomic E-state index is 0.168. The van der Waals surface area contributed by atoms with Crippen LogP contribution in [0.4, 0.5) is 0 Å². The third-order valence-electron chi connectivity index (χ3n) is 3.30. The van der Waals surface area contributed by atoms with Crippen molar-refractivity contribution in [2.45, 2.75) is 11.2 Å². The molecule has 2 aromatic carbocycles. The molecule has 0 spiro atoms. The zero-order chi connectivity index (χ0) is 14.8. The second-order valence-corrected chi connectivity index (χ2v) is 7.22. The molecule has 1 unspecified atom stereocenters. The number of halogens is 3. The second-order valence-electron chi connectivity index (χ2n) is 4.82. The standard InChI is InChI=1S/C16H13Br2ClO2/c17-13(7-10-2-1-3-11(19)6-10)12-8-15-16(9-14(12)18)21-5-4-20-15/h1-3,6,8-9,13H,4-5,7H2. The molecule has 5 heteroatoms. The number of ether oxygens (including phenoxy) is 2. The summed E-state index contributed by atoms with van der Waals surface area (Å²) in [5.74, 6) is 1.59. The van der Waals surface area contributed by atoms with Crippen LogP contribution in [0.15, 0.2) is 40.9 Å². The molecule has 2 nitrogen and oxygen atoms in total. The molecule has 1 heterocycles. The SMILES string of the molecule is Clc1cccc(CC(Br)c2cc3c(cc2Br)OCCO3)c1. The number of rotatable bonds is 3. The maximum Gasteiger partial charge on any atom is 0.162 e. The van der Waals surface area contributed by atoms with Gasteiger partial charge in [-0.2, -0.15) is 0 Å². The summed E-state index contributed by atoms with van der Waals surface area (Å²) in [6.45, 7) is 1.19. The average molecular weight is 433 g/mol. The summed E-state index contributed by atoms with van der Waals surface area (Å²) in [5.41, 5.74) is 2.32. The summed E-state index contributed by atoms with van der Waals surface area (Å²) in [7, 11) is 0. The predicted octanol–water partition coefficient (Wildman–Crippen LogP) is 5.55. The lowest BCUT2D eigenvalue weighted by Gasteiger charge is -2.21. The Balaban J connectivity index is 1.85. The van der Waals surface area contributed by atoms with E-state index in [1.165, 1.54) is 5.56 Å². The van der Waals surface area contributed by atoms with Crippen molar-refractivity contribution in [3.63, 3.8) is 0 Å². The van der Waals surface area contributed by atoms with Gasteiger partial charge in [-0.1, -0.05) is 55.6 Å². The topological polar surface area (TPSA) is 18.5 Å². The van der Waals surface area contributed by atoms with E-state index in [4.69, 9.17) is 21.1 Å². The molecule has 2 aromatic rings. The second kappa shape index (κ2) is 6.59. The van der Waals surface area contributed by atoms with E-state index in [1.807, 2.05) is 30.3 Å². The van der Waals surface area contributed by atoms with E-state index in [0.717, 1.165) is 33.0 Å². The summed E-state index contributed by atoms with van der Waals surface area (Å²) in [4.78, 5) is 0.168. The monoisotopic (exact) mass is 430 g/mol. The van der Waals surface area contributed by atoms with Crippen molar-refractivity contribution in [3.8, 4) is 11.5 Å². The van der Waals surface area contributed by atoms with E-state index < -0.39 is 0 Å². The highest BCUT2D eigenvalue weighted by atomic mass is 79.9. The number of benzene rings is 2. The van der Waals surface area contributed by atoms with Gasteiger partial charge in [0.2, 0.25) is 0 Å². The molecule has 0 aliphatic carbocycles. The first kappa shape index (κ1) is 15.2. The molecule has 0 amide bonds. The molecule has 1 atom stereocenters. The van der Waals surface area contributed by atoms with Crippen LogP contribution < -0.4 is 9.47 Å². The summed E-state index contributed by atoms with van der Waals surface area (Å²) in [6.07, 6.45) is 0.846. The van der Waals surface area contributed by atoms with Gasteiger partial charge in [-0.3, -0.25) is 0 Å². The maximum atomic E-state index is 6.04. The highest BCUT2D eigenvalue weighted by Crippen LogP contribution is 2.41. The molecule has 1 aliphatic rings. The van der Waals surface area contributed by atoms with E-state index >= 15 is 0 Å². The zero-order valence-corrected chi connectivity index (χ0v) is 15.0. The molecule has 0 radical (unpaired) electrons. The van der Waals surface area contributed by atoms with Gasteiger partial charge in [0.1, 0.15) is 13.2 Å². The van der Waals surface area contributed by atoms with E-state index in [9.17, 15) is 0 Å². The third kappa shape index (κ3) is 3.55. The quantitative estimate of drug-likeness (QED) is 0.592. The highest BCUT2D eigenvalue weighted by molar-refractivity contribution is 9.11. The van der Waals surface area contributed by atoms with Gasteiger partial charge in [0.25, 0.3) is 0 Å². The van der Waals surface area contributed by atoms with E-state index in [0.29, 0.717) is 13.2 Å². The fourth-order valence-electron chi connectivity index (χ4n) is 2.30. The Morgan fingerprint density at radius 2 is 1.81 bits per heavy atom. The minimum Gasteiger partial charge on any atom is -0.486 e. The molecule has 0 saturated heterocycles. The van der Waals surface area contributed by atoms with Gasteiger partial charge >= 0.3 is 0 Å². The number of hydrogen-bond acceptors (Lipinski definition) is 2. The van der Waals surface area contributed by atoms with Crippen molar-refractivity contribution in [3.05, 3.63) is 57.0 Å². The summed E-state index contributed by atoms with van der Waals surface area (Å²) >= 11 is 13.4. The van der Waals surface area contributed by atoms with Gasteiger partial charge in [0.15, 0.2) is 11.5 Å². The van der Waals surface area contributed by atoms with Crippen LogP contribution in [0.2, 0.25) is 5.02 Å². The average Bonchev–Trinajstić information content (AvgIpc) is 2.46. The van der Waals surface area contributed by atoms with Crippen molar-refractivity contribution in [1.82, 2.24) is 0 Å². The highest BCUT2D eigenvalue weighted by Gasteiger charge is 2.19. The van der Waals surface area contributed by atoms with Crippen molar-refractivity contribution < 1.29 is 9.47 Å². The first-order valence-electron chi connectivity index (χ1n) is 6.61. The van der Waals surface area contributed by atoms with Crippen LogP contribution in [0, 0.1) is 0 Å². The lowest BCUT2D eigenvalue weighted by atomic mass is 10.0. The summed E-state index contributed by atoms with van der Waals surface area (Å²) < 4.78 is 12.2. The first-order chi connectivity index (χ1) is 10.1.